The second-order valence-electron chi connectivity index (χ2n) is 4.34. The summed E-state index contributed by atoms with van der Waals surface area (Å²) in [5.41, 5.74) is 0. The molecule has 0 spiro atoms. The number of para-hydroxylation sites is 1. The van der Waals surface area contributed by atoms with E-state index >= 15 is 0 Å². The minimum atomic E-state index is -4.47. The van der Waals surface area contributed by atoms with Crippen molar-refractivity contribution >= 4 is 7.82 Å². The van der Waals surface area contributed by atoms with Crippen LogP contribution in [0.1, 0.15) is 32.6 Å². The molecule has 1 unspecified atom stereocenters. The van der Waals surface area contributed by atoms with Gasteiger partial charge in [-0.25, -0.2) is 4.57 Å². The van der Waals surface area contributed by atoms with Gasteiger partial charge in [0.1, 0.15) is 18.5 Å². The smallest absolute Gasteiger partial charge is 0.469 e. The van der Waals surface area contributed by atoms with Gasteiger partial charge in [-0.15, -0.1) is 0 Å². The zero-order valence-corrected chi connectivity index (χ0v) is 12.0. The molecule has 0 aliphatic heterocycles. The molecule has 0 fully saturated rings. The molecule has 0 saturated carbocycles. The zero-order valence-electron chi connectivity index (χ0n) is 11.1. The van der Waals surface area contributed by atoms with E-state index in [0.29, 0.717) is 12.2 Å². The van der Waals surface area contributed by atoms with Crippen LogP contribution in [-0.4, -0.2) is 22.5 Å². The maximum absolute atomic E-state index is 10.9. The van der Waals surface area contributed by atoms with Crippen LogP contribution in [0.5, 0.6) is 5.75 Å². The van der Waals surface area contributed by atoms with Crippen LogP contribution in [-0.2, 0) is 9.09 Å². The van der Waals surface area contributed by atoms with Crippen molar-refractivity contribution in [1.82, 2.24) is 0 Å². The van der Waals surface area contributed by atoms with Crippen LogP contribution in [0.15, 0.2) is 30.3 Å². The van der Waals surface area contributed by atoms with E-state index < -0.39 is 13.9 Å². The number of phosphoric acid groups is 1. The molecule has 0 aliphatic carbocycles. The third-order valence-electron chi connectivity index (χ3n) is 2.60. The summed E-state index contributed by atoms with van der Waals surface area (Å²) in [6.07, 6.45) is 2.90. The SMILES string of the molecule is CCCCCC(COc1ccccc1)OP(=O)(O)O. The Labute approximate surface area is 113 Å². The maximum atomic E-state index is 10.9. The van der Waals surface area contributed by atoms with Crippen molar-refractivity contribution < 1.29 is 23.6 Å². The number of hydrogen-bond acceptors (Lipinski definition) is 3. The number of ether oxygens (including phenoxy) is 1. The lowest BCUT2D eigenvalue weighted by atomic mass is 10.1. The largest absolute Gasteiger partial charge is 0.491 e. The summed E-state index contributed by atoms with van der Waals surface area (Å²) in [6, 6.07) is 9.13. The van der Waals surface area contributed by atoms with Crippen molar-refractivity contribution in [2.75, 3.05) is 6.61 Å². The number of benzene rings is 1. The molecule has 108 valence electrons. The van der Waals surface area contributed by atoms with Crippen molar-refractivity contribution in [3.05, 3.63) is 30.3 Å². The van der Waals surface area contributed by atoms with E-state index in [2.05, 4.69) is 6.92 Å². The maximum Gasteiger partial charge on any atom is 0.469 e. The van der Waals surface area contributed by atoms with Crippen LogP contribution in [0.4, 0.5) is 0 Å². The van der Waals surface area contributed by atoms with Crippen LogP contribution < -0.4 is 4.74 Å². The molecule has 1 aromatic rings. The van der Waals surface area contributed by atoms with E-state index in [4.69, 9.17) is 19.0 Å². The van der Waals surface area contributed by atoms with Gasteiger partial charge in [0.15, 0.2) is 0 Å². The Morgan fingerprint density at radius 1 is 1.21 bits per heavy atom. The van der Waals surface area contributed by atoms with Gasteiger partial charge in [-0.05, 0) is 18.6 Å². The van der Waals surface area contributed by atoms with E-state index in [9.17, 15) is 4.57 Å². The van der Waals surface area contributed by atoms with E-state index in [1.54, 1.807) is 12.1 Å². The quantitative estimate of drug-likeness (QED) is 0.539. The highest BCUT2D eigenvalue weighted by Gasteiger charge is 2.22. The zero-order chi connectivity index (χ0) is 14.1. The Balaban J connectivity index is 2.46. The highest BCUT2D eigenvalue weighted by atomic mass is 31.2. The Hall–Kier alpha value is -0.870. The first-order chi connectivity index (χ1) is 9.01. The van der Waals surface area contributed by atoms with E-state index in [-0.39, 0.29) is 6.61 Å². The van der Waals surface area contributed by atoms with Gasteiger partial charge in [0.25, 0.3) is 0 Å². The highest BCUT2D eigenvalue weighted by molar-refractivity contribution is 7.46. The molecule has 0 bridgehead atoms. The lowest BCUT2D eigenvalue weighted by Crippen LogP contribution is -2.20. The molecule has 19 heavy (non-hydrogen) atoms. The third-order valence-corrected chi connectivity index (χ3v) is 3.17. The summed E-state index contributed by atoms with van der Waals surface area (Å²) < 4.78 is 21.1. The number of phosphoric ester groups is 1. The number of unbranched alkanes of at least 4 members (excludes halogenated alkanes) is 2. The standard InChI is InChI=1S/C13H21O5P/c1-2-3-5-10-13(18-19(14,15)16)11-17-12-8-6-4-7-9-12/h4,6-9,13H,2-3,5,10-11H2,1H3,(H2,14,15,16). The lowest BCUT2D eigenvalue weighted by Gasteiger charge is -2.18. The Morgan fingerprint density at radius 3 is 2.47 bits per heavy atom. The normalized spacial score (nSPS) is 13.2. The van der Waals surface area contributed by atoms with Gasteiger partial charge in [0.05, 0.1) is 0 Å². The molecule has 2 N–H and O–H groups in total. The average Bonchev–Trinajstić information content (AvgIpc) is 2.36. The molecule has 0 amide bonds. The van der Waals surface area contributed by atoms with Crippen molar-refractivity contribution in [2.45, 2.75) is 38.7 Å². The van der Waals surface area contributed by atoms with Crippen LogP contribution >= 0.6 is 7.82 Å². The highest BCUT2D eigenvalue weighted by Crippen LogP contribution is 2.38. The summed E-state index contributed by atoms with van der Waals surface area (Å²) >= 11 is 0. The van der Waals surface area contributed by atoms with E-state index in [1.165, 1.54) is 0 Å². The van der Waals surface area contributed by atoms with E-state index in [1.807, 2.05) is 18.2 Å². The molecule has 1 aromatic carbocycles. The molecule has 1 rings (SSSR count). The fourth-order valence-corrected chi connectivity index (χ4v) is 2.24. The molecule has 5 nitrogen and oxygen atoms in total. The molecule has 0 saturated heterocycles. The van der Waals surface area contributed by atoms with E-state index in [0.717, 1.165) is 19.3 Å². The second kappa shape index (κ2) is 8.33. The molecule has 0 aromatic heterocycles. The first-order valence-electron chi connectivity index (χ1n) is 6.43. The first-order valence-corrected chi connectivity index (χ1v) is 7.96. The predicted octanol–water partition coefficient (Wildman–Crippen LogP) is 3.12. The fourth-order valence-electron chi connectivity index (χ4n) is 1.69. The molecule has 0 heterocycles. The lowest BCUT2D eigenvalue weighted by molar-refractivity contribution is 0.0819. The number of hydrogen-bond donors (Lipinski definition) is 2. The monoisotopic (exact) mass is 288 g/mol. The van der Waals surface area contributed by atoms with Gasteiger partial charge in [-0.1, -0.05) is 44.4 Å². The minimum Gasteiger partial charge on any atom is -0.491 e. The molecular weight excluding hydrogens is 267 g/mol. The van der Waals surface area contributed by atoms with Gasteiger partial charge in [-0.3, -0.25) is 4.52 Å². The summed E-state index contributed by atoms with van der Waals surface area (Å²) in [5.74, 6) is 0.664. The van der Waals surface area contributed by atoms with Gasteiger partial charge in [-0.2, -0.15) is 0 Å². The Kier molecular flexibility index (Phi) is 7.10. The van der Waals surface area contributed by atoms with Gasteiger partial charge >= 0.3 is 7.82 Å². The summed E-state index contributed by atoms with van der Waals surface area (Å²) in [6.45, 7) is 2.21. The molecule has 1 atom stereocenters. The van der Waals surface area contributed by atoms with Gasteiger partial charge < -0.3 is 14.5 Å². The summed E-state index contributed by atoms with van der Waals surface area (Å²) in [5, 5.41) is 0. The topological polar surface area (TPSA) is 76.0 Å². The van der Waals surface area contributed by atoms with Crippen LogP contribution in [0.2, 0.25) is 0 Å². The van der Waals surface area contributed by atoms with Crippen molar-refractivity contribution in [1.29, 1.82) is 0 Å². The van der Waals surface area contributed by atoms with Gasteiger partial charge in [0, 0.05) is 0 Å². The Bertz CT molecular complexity index is 389. The summed E-state index contributed by atoms with van der Waals surface area (Å²) in [4.78, 5) is 17.8. The van der Waals surface area contributed by atoms with Crippen molar-refractivity contribution in [3.63, 3.8) is 0 Å². The molecule has 0 radical (unpaired) electrons. The van der Waals surface area contributed by atoms with Crippen molar-refractivity contribution in [2.24, 2.45) is 0 Å². The second-order valence-corrected chi connectivity index (χ2v) is 5.53. The van der Waals surface area contributed by atoms with Crippen LogP contribution in [0.3, 0.4) is 0 Å². The molecule has 6 heteroatoms. The van der Waals surface area contributed by atoms with Crippen LogP contribution in [0, 0.1) is 0 Å². The molecular formula is C13H21O5P. The summed E-state index contributed by atoms with van der Waals surface area (Å²) in [7, 11) is -4.47. The van der Waals surface area contributed by atoms with Crippen LogP contribution in [0.25, 0.3) is 0 Å². The number of rotatable bonds is 9. The van der Waals surface area contributed by atoms with Crippen molar-refractivity contribution in [3.8, 4) is 5.75 Å². The third kappa shape index (κ3) is 8.01. The average molecular weight is 288 g/mol. The predicted molar refractivity (Wildman–Crippen MR) is 73.0 cm³/mol. The Morgan fingerprint density at radius 2 is 1.89 bits per heavy atom. The molecule has 0 aliphatic rings. The van der Waals surface area contributed by atoms with Gasteiger partial charge in [0.2, 0.25) is 0 Å². The fraction of sp³-hybridized carbons (Fsp3) is 0.538. The minimum absolute atomic E-state index is 0.138. The first kappa shape index (κ1) is 16.2.